The summed E-state index contributed by atoms with van der Waals surface area (Å²) in [6.07, 6.45) is 4.97. The number of aryl methyl sites for hydroxylation is 1. The number of rotatable bonds is 4. The van der Waals surface area contributed by atoms with E-state index >= 15 is 0 Å². The maximum atomic E-state index is 12.8. The van der Waals surface area contributed by atoms with E-state index in [0.29, 0.717) is 18.7 Å². The van der Waals surface area contributed by atoms with E-state index in [4.69, 9.17) is 4.74 Å². The van der Waals surface area contributed by atoms with Crippen molar-refractivity contribution in [1.29, 1.82) is 5.26 Å². The lowest BCUT2D eigenvalue weighted by atomic mass is 9.73. The van der Waals surface area contributed by atoms with Crippen molar-refractivity contribution < 1.29 is 14.3 Å². The summed E-state index contributed by atoms with van der Waals surface area (Å²) in [6, 6.07) is 9.62. The topological polar surface area (TPSA) is 98.6 Å². The number of nitriles is 1. The predicted octanol–water partition coefficient (Wildman–Crippen LogP) is 2.62. The molecule has 2 aromatic rings. The Morgan fingerprint density at radius 1 is 1.27 bits per heavy atom. The first-order chi connectivity index (χ1) is 16.0. The number of hydrogen-bond donors (Lipinski definition) is 1. The second kappa shape index (κ2) is 8.49. The van der Waals surface area contributed by atoms with Gasteiger partial charge in [0.2, 0.25) is 11.8 Å². The Morgan fingerprint density at radius 3 is 2.85 bits per heavy atom. The molecule has 0 aliphatic carbocycles. The monoisotopic (exact) mass is 445 g/mol. The Kier molecular flexibility index (Phi) is 5.51. The van der Waals surface area contributed by atoms with Crippen LogP contribution in [0.5, 0.6) is 5.75 Å². The smallest absolute Gasteiger partial charge is 0.235 e. The minimum atomic E-state index is -0.537. The second-order valence-corrected chi connectivity index (χ2v) is 9.03. The molecule has 1 aromatic carbocycles. The minimum Gasteiger partial charge on any atom is -0.491 e. The third-order valence-electron chi connectivity index (χ3n) is 7.11. The van der Waals surface area contributed by atoms with Crippen molar-refractivity contribution in [3.8, 4) is 11.8 Å². The van der Waals surface area contributed by atoms with Gasteiger partial charge in [-0.25, -0.2) is 4.98 Å². The average Bonchev–Trinajstić information content (AvgIpc) is 3.10. The van der Waals surface area contributed by atoms with Crippen LogP contribution >= 0.6 is 0 Å². The van der Waals surface area contributed by atoms with Gasteiger partial charge in [-0.2, -0.15) is 5.26 Å². The minimum absolute atomic E-state index is 0.0161. The van der Waals surface area contributed by atoms with Gasteiger partial charge in [0.05, 0.1) is 23.2 Å². The zero-order valence-corrected chi connectivity index (χ0v) is 18.8. The Hall–Kier alpha value is -3.44. The summed E-state index contributed by atoms with van der Waals surface area (Å²) >= 11 is 0. The lowest BCUT2D eigenvalue weighted by molar-refractivity contribution is -0.122. The molecule has 0 bridgehead atoms. The molecule has 5 rings (SSSR count). The summed E-state index contributed by atoms with van der Waals surface area (Å²) in [7, 11) is 0. The number of ether oxygens (including phenoxy) is 1. The molecule has 3 aliphatic rings. The molecule has 2 amide bonds. The summed E-state index contributed by atoms with van der Waals surface area (Å²) in [5.74, 6) is 1.53. The maximum Gasteiger partial charge on any atom is 0.235 e. The van der Waals surface area contributed by atoms with Crippen molar-refractivity contribution >= 4 is 23.3 Å². The summed E-state index contributed by atoms with van der Waals surface area (Å²) < 4.78 is 5.97. The van der Waals surface area contributed by atoms with E-state index in [2.05, 4.69) is 21.3 Å². The van der Waals surface area contributed by atoms with Crippen LogP contribution in [-0.4, -0.2) is 54.5 Å². The number of likely N-dealkylation sites (tertiary alicyclic amines) is 1. The first kappa shape index (κ1) is 21.4. The Labute approximate surface area is 193 Å². The van der Waals surface area contributed by atoms with Crippen LogP contribution in [0.15, 0.2) is 30.5 Å². The molecule has 170 valence electrons. The molecule has 0 unspecified atom stereocenters. The van der Waals surface area contributed by atoms with E-state index in [1.54, 1.807) is 24.1 Å². The fraction of sp³-hybridized carbons (Fsp3) is 0.440. The highest BCUT2D eigenvalue weighted by Crippen LogP contribution is 2.45. The van der Waals surface area contributed by atoms with E-state index in [9.17, 15) is 14.9 Å². The molecule has 4 heterocycles. The third kappa shape index (κ3) is 3.83. The molecule has 0 radical (unpaired) electrons. The van der Waals surface area contributed by atoms with Crippen LogP contribution in [0.2, 0.25) is 0 Å². The number of fused-ring (bicyclic) bond motifs is 3. The Morgan fingerprint density at radius 2 is 2.09 bits per heavy atom. The molecule has 0 atom stereocenters. The van der Waals surface area contributed by atoms with Crippen molar-refractivity contribution in [2.24, 2.45) is 0 Å². The van der Waals surface area contributed by atoms with Gasteiger partial charge in [-0.1, -0.05) is 0 Å². The normalized spacial score (nSPS) is 18.9. The standard InChI is InChI=1S/C25H27N5O3/c1-17(31)30-8-2-3-19-14-20(16-27-23(19)30)33-12-11-29-9-6-25(7-10-29)21-13-18(15-26)4-5-22(21)28-24(25)32/h4-5,13-14,16H,2-3,6-12H2,1H3,(H,28,32). The number of carbonyl (C=O) groups is 2. The van der Waals surface area contributed by atoms with Crippen LogP contribution in [0.3, 0.4) is 0 Å². The summed E-state index contributed by atoms with van der Waals surface area (Å²) in [5, 5.41) is 12.3. The summed E-state index contributed by atoms with van der Waals surface area (Å²) in [5.41, 5.74) is 2.90. The van der Waals surface area contributed by atoms with E-state index in [-0.39, 0.29) is 11.8 Å². The van der Waals surface area contributed by atoms with Crippen molar-refractivity contribution in [1.82, 2.24) is 9.88 Å². The number of hydrogen-bond acceptors (Lipinski definition) is 6. The fourth-order valence-electron chi connectivity index (χ4n) is 5.26. The van der Waals surface area contributed by atoms with E-state index in [1.165, 1.54) is 0 Å². The van der Waals surface area contributed by atoms with Crippen LogP contribution in [0.1, 0.15) is 42.9 Å². The number of aromatic nitrogens is 1. The van der Waals surface area contributed by atoms with Gasteiger partial charge in [0.15, 0.2) is 0 Å². The van der Waals surface area contributed by atoms with Gasteiger partial charge in [-0.15, -0.1) is 0 Å². The Balaban J connectivity index is 1.18. The Bertz CT molecular complexity index is 1150. The lowest BCUT2D eigenvalue weighted by Crippen LogP contribution is -2.47. The molecule has 33 heavy (non-hydrogen) atoms. The van der Waals surface area contributed by atoms with Crippen molar-refractivity contribution in [2.45, 2.75) is 38.0 Å². The highest BCUT2D eigenvalue weighted by atomic mass is 16.5. The SMILES string of the molecule is CC(=O)N1CCCc2cc(OCCN3CCC4(CC3)C(=O)Nc3ccc(C#N)cc34)cnc21. The first-order valence-corrected chi connectivity index (χ1v) is 11.5. The van der Waals surface area contributed by atoms with Crippen molar-refractivity contribution in [3.63, 3.8) is 0 Å². The number of anilines is 2. The average molecular weight is 446 g/mol. The number of carbonyl (C=O) groups excluding carboxylic acids is 2. The first-order valence-electron chi connectivity index (χ1n) is 11.5. The quantitative estimate of drug-likeness (QED) is 0.777. The molecule has 8 nitrogen and oxygen atoms in total. The number of nitrogens with one attached hydrogen (secondary N) is 1. The molecular weight excluding hydrogens is 418 g/mol. The van der Waals surface area contributed by atoms with Crippen LogP contribution in [-0.2, 0) is 21.4 Å². The highest BCUT2D eigenvalue weighted by Gasteiger charge is 2.48. The summed E-state index contributed by atoms with van der Waals surface area (Å²) in [4.78, 5) is 33.2. The van der Waals surface area contributed by atoms with Gasteiger partial charge in [0.25, 0.3) is 0 Å². The highest BCUT2D eigenvalue weighted by molar-refractivity contribution is 6.06. The third-order valence-corrected chi connectivity index (χ3v) is 7.11. The number of benzene rings is 1. The number of amides is 2. The molecule has 1 spiro atoms. The molecule has 1 saturated heterocycles. The van der Waals surface area contributed by atoms with E-state index in [0.717, 1.165) is 73.7 Å². The van der Waals surface area contributed by atoms with E-state index in [1.807, 2.05) is 18.2 Å². The van der Waals surface area contributed by atoms with Gasteiger partial charge < -0.3 is 10.1 Å². The van der Waals surface area contributed by atoms with Gasteiger partial charge in [0, 0.05) is 25.7 Å². The van der Waals surface area contributed by atoms with Crippen LogP contribution in [0.25, 0.3) is 0 Å². The second-order valence-electron chi connectivity index (χ2n) is 9.03. The molecule has 3 aliphatic heterocycles. The van der Waals surface area contributed by atoms with Gasteiger partial charge in [-0.05, 0) is 74.2 Å². The molecule has 0 saturated carbocycles. The molecular formula is C25H27N5O3. The van der Waals surface area contributed by atoms with Crippen LogP contribution in [0.4, 0.5) is 11.5 Å². The largest absolute Gasteiger partial charge is 0.491 e. The zero-order chi connectivity index (χ0) is 23.0. The van der Waals surface area contributed by atoms with Crippen LogP contribution < -0.4 is 15.0 Å². The van der Waals surface area contributed by atoms with Gasteiger partial charge in [-0.3, -0.25) is 19.4 Å². The number of piperidine rings is 1. The zero-order valence-electron chi connectivity index (χ0n) is 18.8. The fourth-order valence-corrected chi connectivity index (χ4v) is 5.26. The van der Waals surface area contributed by atoms with Crippen molar-refractivity contribution in [3.05, 3.63) is 47.2 Å². The predicted molar refractivity (Wildman–Crippen MR) is 123 cm³/mol. The number of nitrogens with zero attached hydrogens (tertiary/aromatic N) is 4. The van der Waals surface area contributed by atoms with Gasteiger partial charge >= 0.3 is 0 Å². The summed E-state index contributed by atoms with van der Waals surface area (Å²) in [6.45, 7) is 5.17. The lowest BCUT2D eigenvalue weighted by Gasteiger charge is -2.38. The van der Waals surface area contributed by atoms with Crippen molar-refractivity contribution in [2.75, 3.05) is 43.0 Å². The molecule has 8 heteroatoms. The molecule has 1 aromatic heterocycles. The molecule has 1 fully saturated rings. The van der Waals surface area contributed by atoms with Gasteiger partial charge in [0.1, 0.15) is 18.2 Å². The number of pyridine rings is 1. The van der Waals surface area contributed by atoms with E-state index < -0.39 is 5.41 Å². The van der Waals surface area contributed by atoms with Crippen LogP contribution in [0, 0.1) is 11.3 Å². The maximum absolute atomic E-state index is 12.8. The molecule has 1 N–H and O–H groups in total.